The highest BCUT2D eigenvalue weighted by Gasteiger charge is 2.37. The smallest absolute Gasteiger partial charge is 0.246 e. The molecule has 1 atom stereocenters. The summed E-state index contributed by atoms with van der Waals surface area (Å²) in [5, 5.41) is 4.08. The van der Waals surface area contributed by atoms with Gasteiger partial charge in [0.1, 0.15) is 0 Å². The zero-order valence-electron chi connectivity index (χ0n) is 15.6. The minimum Gasteiger partial charge on any atom is -0.376 e. The lowest BCUT2D eigenvalue weighted by atomic mass is 9.87. The predicted octanol–water partition coefficient (Wildman–Crippen LogP) is 1.31. The molecule has 0 unspecified atom stereocenters. The number of aromatic nitrogens is 2. The quantitative estimate of drug-likeness (QED) is 0.727. The van der Waals surface area contributed by atoms with Crippen LogP contribution in [0.4, 0.5) is 0 Å². The molecule has 1 aromatic heterocycles. The number of nitrogens with zero attached hydrogens (tertiary/aromatic N) is 4. The van der Waals surface area contributed by atoms with E-state index in [2.05, 4.69) is 5.10 Å². The maximum absolute atomic E-state index is 12.5. The molecule has 0 aliphatic carbocycles. The van der Waals surface area contributed by atoms with Gasteiger partial charge in [-0.05, 0) is 25.3 Å². The first-order valence-corrected chi connectivity index (χ1v) is 8.56. The number of piperidine rings is 1. The maximum atomic E-state index is 12.5. The molecule has 1 saturated heterocycles. The summed E-state index contributed by atoms with van der Waals surface area (Å²) in [5.41, 5.74) is 0.448. The first-order valence-electron chi connectivity index (χ1n) is 8.56. The predicted molar refractivity (Wildman–Crippen MR) is 95.7 cm³/mol. The van der Waals surface area contributed by atoms with E-state index in [1.165, 1.54) is 0 Å². The SMILES string of the molecule is CO[C@@]1(CCC(=O)N(C)C)CCCN(C(=O)/C=C/c2cnn(C)c2)C1. The minimum atomic E-state index is -0.443. The minimum absolute atomic E-state index is 0.0380. The molecule has 1 aromatic rings. The fraction of sp³-hybridized carbons (Fsp3) is 0.611. The van der Waals surface area contributed by atoms with Crippen molar-refractivity contribution >= 4 is 17.9 Å². The number of likely N-dealkylation sites (tertiary alicyclic amines) is 1. The molecule has 1 aliphatic heterocycles. The van der Waals surface area contributed by atoms with Crippen LogP contribution < -0.4 is 0 Å². The number of hydrogen-bond acceptors (Lipinski definition) is 4. The lowest BCUT2D eigenvalue weighted by Gasteiger charge is -2.41. The summed E-state index contributed by atoms with van der Waals surface area (Å²) in [4.78, 5) is 27.8. The second-order valence-corrected chi connectivity index (χ2v) is 6.82. The first-order chi connectivity index (χ1) is 11.8. The average Bonchev–Trinajstić information content (AvgIpc) is 3.03. The molecular weight excluding hydrogens is 320 g/mol. The molecule has 1 fully saturated rings. The number of rotatable bonds is 6. The van der Waals surface area contributed by atoms with Gasteiger partial charge < -0.3 is 14.5 Å². The van der Waals surface area contributed by atoms with E-state index in [4.69, 9.17) is 4.74 Å². The van der Waals surface area contributed by atoms with Crippen molar-refractivity contribution in [2.75, 3.05) is 34.3 Å². The normalized spacial score (nSPS) is 20.9. The molecule has 7 nitrogen and oxygen atoms in total. The highest BCUT2D eigenvalue weighted by atomic mass is 16.5. The molecular formula is C18H28N4O3. The van der Waals surface area contributed by atoms with Crippen LogP contribution in [0.2, 0.25) is 0 Å². The molecule has 2 amide bonds. The van der Waals surface area contributed by atoms with Crippen molar-refractivity contribution in [2.45, 2.75) is 31.3 Å². The fourth-order valence-corrected chi connectivity index (χ4v) is 3.12. The van der Waals surface area contributed by atoms with Gasteiger partial charge in [0.25, 0.3) is 0 Å². The van der Waals surface area contributed by atoms with E-state index < -0.39 is 5.60 Å². The number of carbonyl (C=O) groups excluding carboxylic acids is 2. The second kappa shape index (κ2) is 8.29. The Labute approximate surface area is 149 Å². The fourth-order valence-electron chi connectivity index (χ4n) is 3.12. The van der Waals surface area contributed by atoms with Crippen molar-refractivity contribution in [1.82, 2.24) is 19.6 Å². The summed E-state index contributed by atoms with van der Waals surface area (Å²) in [5.74, 6) is 0.0419. The molecule has 2 rings (SSSR count). The van der Waals surface area contributed by atoms with Gasteiger partial charge in [-0.2, -0.15) is 5.10 Å². The van der Waals surface area contributed by atoms with E-state index in [0.29, 0.717) is 25.9 Å². The molecule has 0 N–H and O–H groups in total. The van der Waals surface area contributed by atoms with E-state index in [1.54, 1.807) is 54.0 Å². The Hall–Kier alpha value is -2.15. The molecule has 0 aromatic carbocycles. The third-order valence-electron chi connectivity index (χ3n) is 4.72. The summed E-state index contributed by atoms with van der Waals surface area (Å²) in [6, 6.07) is 0. The Kier molecular flexibility index (Phi) is 6.36. The highest BCUT2D eigenvalue weighted by Crippen LogP contribution is 2.29. The van der Waals surface area contributed by atoms with Gasteiger partial charge in [-0.3, -0.25) is 14.3 Å². The van der Waals surface area contributed by atoms with Crippen molar-refractivity contribution in [3.8, 4) is 0 Å². The number of amides is 2. The van der Waals surface area contributed by atoms with Gasteiger partial charge >= 0.3 is 0 Å². The lowest BCUT2D eigenvalue weighted by molar-refractivity contribution is -0.138. The van der Waals surface area contributed by atoms with E-state index >= 15 is 0 Å². The van der Waals surface area contributed by atoms with Gasteiger partial charge in [0.2, 0.25) is 11.8 Å². The molecule has 0 spiro atoms. The molecule has 0 radical (unpaired) electrons. The first kappa shape index (κ1) is 19.2. The van der Waals surface area contributed by atoms with Crippen molar-refractivity contribution in [3.63, 3.8) is 0 Å². The second-order valence-electron chi connectivity index (χ2n) is 6.82. The van der Waals surface area contributed by atoms with Crippen molar-refractivity contribution in [1.29, 1.82) is 0 Å². The van der Waals surface area contributed by atoms with Crippen molar-refractivity contribution in [3.05, 3.63) is 24.0 Å². The number of ether oxygens (including phenoxy) is 1. The summed E-state index contributed by atoms with van der Waals surface area (Å²) in [7, 11) is 7.01. The molecule has 1 aliphatic rings. The van der Waals surface area contributed by atoms with E-state index in [0.717, 1.165) is 18.4 Å². The van der Waals surface area contributed by atoms with Crippen LogP contribution in [0.25, 0.3) is 6.08 Å². The van der Waals surface area contributed by atoms with Gasteiger partial charge in [0, 0.05) is 65.6 Å². The largest absolute Gasteiger partial charge is 0.376 e. The summed E-state index contributed by atoms with van der Waals surface area (Å²) in [6.07, 6.45) is 9.70. The van der Waals surface area contributed by atoms with Gasteiger partial charge in [0.05, 0.1) is 11.8 Å². The third-order valence-corrected chi connectivity index (χ3v) is 4.72. The van der Waals surface area contributed by atoms with Crippen LogP contribution in [0.15, 0.2) is 18.5 Å². The lowest BCUT2D eigenvalue weighted by Crippen LogP contribution is -2.51. The van der Waals surface area contributed by atoms with Crippen LogP contribution >= 0.6 is 0 Å². The zero-order valence-corrected chi connectivity index (χ0v) is 15.6. The molecule has 2 heterocycles. The van der Waals surface area contributed by atoms with Gasteiger partial charge in [-0.15, -0.1) is 0 Å². The molecule has 138 valence electrons. The number of aryl methyl sites for hydroxylation is 1. The van der Waals surface area contributed by atoms with E-state index in [1.807, 2.05) is 13.2 Å². The summed E-state index contributed by atoms with van der Waals surface area (Å²) in [6.45, 7) is 1.23. The van der Waals surface area contributed by atoms with Gasteiger partial charge in [-0.25, -0.2) is 0 Å². The average molecular weight is 348 g/mol. The van der Waals surface area contributed by atoms with Crippen LogP contribution in [0, 0.1) is 0 Å². The van der Waals surface area contributed by atoms with Crippen LogP contribution in [-0.2, 0) is 21.4 Å². The monoisotopic (exact) mass is 348 g/mol. The Morgan fingerprint density at radius 2 is 2.20 bits per heavy atom. The molecule has 0 bridgehead atoms. The third kappa shape index (κ3) is 5.16. The molecule has 0 saturated carbocycles. The Balaban J connectivity index is 1.98. The van der Waals surface area contributed by atoms with Crippen LogP contribution in [0.5, 0.6) is 0 Å². The van der Waals surface area contributed by atoms with E-state index in [9.17, 15) is 9.59 Å². The number of carbonyl (C=O) groups is 2. The van der Waals surface area contributed by atoms with Gasteiger partial charge in [-0.1, -0.05) is 0 Å². The molecule has 7 heteroatoms. The van der Waals surface area contributed by atoms with Crippen LogP contribution in [0.3, 0.4) is 0 Å². The van der Waals surface area contributed by atoms with Crippen LogP contribution in [-0.4, -0.2) is 71.3 Å². The Morgan fingerprint density at radius 1 is 1.44 bits per heavy atom. The van der Waals surface area contributed by atoms with E-state index in [-0.39, 0.29) is 11.8 Å². The number of methoxy groups -OCH3 is 1. The standard InChI is InChI=1S/C18H28N4O3/c1-20(2)16(23)8-10-18(25-4)9-5-11-22(14-18)17(24)7-6-15-12-19-21(3)13-15/h6-7,12-13H,5,8-11,14H2,1-4H3/b7-6+/t18-/m1/s1. The molecule has 25 heavy (non-hydrogen) atoms. The highest BCUT2D eigenvalue weighted by molar-refractivity contribution is 5.91. The Morgan fingerprint density at radius 3 is 2.80 bits per heavy atom. The van der Waals surface area contributed by atoms with Crippen molar-refractivity contribution < 1.29 is 14.3 Å². The number of hydrogen-bond donors (Lipinski definition) is 0. The summed E-state index contributed by atoms with van der Waals surface area (Å²) >= 11 is 0. The summed E-state index contributed by atoms with van der Waals surface area (Å²) < 4.78 is 7.45. The van der Waals surface area contributed by atoms with Crippen LogP contribution in [0.1, 0.15) is 31.2 Å². The Bertz CT molecular complexity index is 638. The topological polar surface area (TPSA) is 67.7 Å². The van der Waals surface area contributed by atoms with Gasteiger partial charge in [0.15, 0.2) is 0 Å². The maximum Gasteiger partial charge on any atom is 0.246 e. The van der Waals surface area contributed by atoms with Crippen molar-refractivity contribution in [2.24, 2.45) is 7.05 Å². The zero-order chi connectivity index (χ0) is 18.4.